The Balaban J connectivity index is 1.47. The number of nitrogens with one attached hydrogen (secondary N) is 2. The Morgan fingerprint density at radius 2 is 1.79 bits per heavy atom. The molecule has 146 valence electrons. The van der Waals surface area contributed by atoms with E-state index in [1.807, 2.05) is 35.0 Å². The molecular weight excluding hydrogens is 370 g/mol. The zero-order valence-corrected chi connectivity index (χ0v) is 15.6. The first-order valence-electron chi connectivity index (χ1n) is 9.27. The summed E-state index contributed by atoms with van der Waals surface area (Å²) in [5.41, 5.74) is 2.47. The van der Waals surface area contributed by atoms with Crippen LogP contribution in [0.5, 0.6) is 0 Å². The summed E-state index contributed by atoms with van der Waals surface area (Å²) < 4.78 is 7.42. The second kappa shape index (κ2) is 7.68. The molecule has 1 saturated heterocycles. The van der Waals surface area contributed by atoms with Crippen molar-refractivity contribution in [3.05, 3.63) is 55.5 Å². The van der Waals surface area contributed by atoms with E-state index in [4.69, 9.17) is 4.74 Å². The van der Waals surface area contributed by atoms with Gasteiger partial charge in [0.05, 0.1) is 31.3 Å². The van der Waals surface area contributed by atoms with Crippen LogP contribution >= 0.6 is 0 Å². The van der Waals surface area contributed by atoms with Gasteiger partial charge in [-0.25, -0.2) is 15.0 Å². The van der Waals surface area contributed by atoms with E-state index in [0.717, 1.165) is 35.9 Å². The van der Waals surface area contributed by atoms with Crippen molar-refractivity contribution in [2.75, 3.05) is 41.8 Å². The van der Waals surface area contributed by atoms with Crippen molar-refractivity contribution < 1.29 is 4.74 Å². The molecule has 5 rings (SSSR count). The number of rotatable bonds is 5. The van der Waals surface area contributed by atoms with Gasteiger partial charge in [0.1, 0.15) is 23.6 Å². The first-order valence-corrected chi connectivity index (χ1v) is 9.27. The van der Waals surface area contributed by atoms with Crippen molar-refractivity contribution >= 4 is 34.6 Å². The Morgan fingerprint density at radius 1 is 0.931 bits per heavy atom. The highest BCUT2D eigenvalue weighted by Gasteiger charge is 2.15. The number of fused-ring (bicyclic) bond motifs is 1. The maximum Gasteiger partial charge on any atom is 0.231 e. The quantitative estimate of drug-likeness (QED) is 0.531. The molecule has 1 fully saturated rings. The average Bonchev–Trinajstić information content (AvgIpc) is 3.23. The van der Waals surface area contributed by atoms with Crippen molar-refractivity contribution in [1.82, 2.24) is 29.3 Å². The number of morpholine rings is 1. The Bertz CT molecular complexity index is 1110. The fourth-order valence-corrected chi connectivity index (χ4v) is 3.14. The van der Waals surface area contributed by atoms with E-state index in [9.17, 15) is 0 Å². The van der Waals surface area contributed by atoms with E-state index in [1.165, 1.54) is 6.33 Å². The highest BCUT2D eigenvalue weighted by Crippen LogP contribution is 2.24. The van der Waals surface area contributed by atoms with Crippen LogP contribution in [-0.4, -0.2) is 55.6 Å². The van der Waals surface area contributed by atoms with Crippen molar-refractivity contribution in [3.63, 3.8) is 0 Å². The van der Waals surface area contributed by atoms with Gasteiger partial charge in [-0.1, -0.05) is 0 Å². The van der Waals surface area contributed by atoms with Gasteiger partial charge in [-0.2, -0.15) is 9.97 Å². The van der Waals surface area contributed by atoms with Crippen molar-refractivity contribution in [3.8, 4) is 0 Å². The highest BCUT2D eigenvalue weighted by atomic mass is 16.5. The number of aromatic nitrogens is 6. The predicted octanol–water partition coefficient (Wildman–Crippen LogP) is 2.24. The van der Waals surface area contributed by atoms with Crippen LogP contribution in [0.3, 0.4) is 0 Å². The lowest BCUT2D eigenvalue weighted by Gasteiger charge is -2.28. The Hall–Kier alpha value is -3.79. The van der Waals surface area contributed by atoms with Crippen LogP contribution < -0.4 is 15.5 Å². The Labute approximate surface area is 166 Å². The third-order valence-corrected chi connectivity index (χ3v) is 4.53. The molecule has 0 bridgehead atoms. The van der Waals surface area contributed by atoms with Crippen molar-refractivity contribution in [1.29, 1.82) is 0 Å². The van der Waals surface area contributed by atoms with E-state index < -0.39 is 0 Å². The summed E-state index contributed by atoms with van der Waals surface area (Å²) in [7, 11) is 0. The summed E-state index contributed by atoms with van der Waals surface area (Å²) in [6.45, 7) is 2.92. The highest BCUT2D eigenvalue weighted by molar-refractivity contribution is 5.66. The molecule has 2 N–H and O–H groups in total. The van der Waals surface area contributed by atoms with Gasteiger partial charge >= 0.3 is 0 Å². The molecule has 0 amide bonds. The molecule has 29 heavy (non-hydrogen) atoms. The molecular formula is C19H19N9O. The van der Waals surface area contributed by atoms with Crippen LogP contribution in [0.1, 0.15) is 0 Å². The third-order valence-electron chi connectivity index (χ3n) is 4.53. The first kappa shape index (κ1) is 17.3. The van der Waals surface area contributed by atoms with Gasteiger partial charge in [0.2, 0.25) is 5.95 Å². The monoisotopic (exact) mass is 389 g/mol. The predicted molar refractivity (Wildman–Crippen MR) is 109 cm³/mol. The summed E-state index contributed by atoms with van der Waals surface area (Å²) in [5, 5.41) is 6.53. The molecule has 4 aromatic rings. The van der Waals surface area contributed by atoms with E-state index in [1.54, 1.807) is 18.6 Å². The van der Waals surface area contributed by atoms with E-state index in [-0.39, 0.29) is 0 Å². The maximum atomic E-state index is 5.46. The van der Waals surface area contributed by atoms with Gasteiger partial charge in [-0.3, -0.25) is 0 Å². The molecule has 4 aromatic heterocycles. The van der Waals surface area contributed by atoms with Gasteiger partial charge in [0.25, 0.3) is 0 Å². The molecule has 0 aliphatic carbocycles. The molecule has 0 saturated carbocycles. The van der Waals surface area contributed by atoms with Gasteiger partial charge in [0, 0.05) is 49.5 Å². The standard InChI is InChI=1S/C19H19N9O/c1-3-27-4-2-22-17(27)9-14(1)23-16-10-18(28-5-7-29-8-6-28)26-19(25-16)24-15-11-20-13-21-12-15/h1-4,9-13H,5-8H2,(H2,23,24,25,26). The lowest BCUT2D eigenvalue weighted by atomic mass is 10.3. The summed E-state index contributed by atoms with van der Waals surface area (Å²) in [4.78, 5) is 23.8. The van der Waals surface area contributed by atoms with Crippen LogP contribution in [-0.2, 0) is 4.74 Å². The SMILES string of the molecule is c1ncc(Nc2nc(Nc3ccn4ccnc4c3)cc(N3CCOCC3)n2)cn1. The minimum absolute atomic E-state index is 0.466. The van der Waals surface area contributed by atoms with Crippen LogP contribution in [0.15, 0.2) is 55.5 Å². The van der Waals surface area contributed by atoms with Gasteiger partial charge in [-0.15, -0.1) is 0 Å². The first-order chi connectivity index (χ1) is 14.3. The largest absolute Gasteiger partial charge is 0.378 e. The number of imidazole rings is 1. The number of pyridine rings is 1. The van der Waals surface area contributed by atoms with Crippen LogP contribution in [0.4, 0.5) is 29.0 Å². The summed E-state index contributed by atoms with van der Waals surface area (Å²) in [6, 6.07) is 5.88. The number of hydrogen-bond acceptors (Lipinski definition) is 9. The second-order valence-corrected chi connectivity index (χ2v) is 6.52. The summed E-state index contributed by atoms with van der Waals surface area (Å²) >= 11 is 0. The minimum Gasteiger partial charge on any atom is -0.378 e. The molecule has 10 heteroatoms. The number of ether oxygens (including phenoxy) is 1. The zero-order chi connectivity index (χ0) is 19.5. The van der Waals surface area contributed by atoms with Gasteiger partial charge in [0.15, 0.2) is 0 Å². The second-order valence-electron chi connectivity index (χ2n) is 6.52. The third kappa shape index (κ3) is 3.92. The molecule has 0 unspecified atom stereocenters. The zero-order valence-electron chi connectivity index (χ0n) is 15.6. The molecule has 0 atom stereocenters. The smallest absolute Gasteiger partial charge is 0.231 e. The Kier molecular flexibility index (Phi) is 4.59. The molecule has 0 spiro atoms. The molecule has 5 heterocycles. The number of anilines is 5. The average molecular weight is 389 g/mol. The molecule has 0 radical (unpaired) electrons. The Morgan fingerprint density at radius 3 is 2.66 bits per heavy atom. The molecule has 1 aliphatic heterocycles. The van der Waals surface area contributed by atoms with Crippen LogP contribution in [0.25, 0.3) is 5.65 Å². The van der Waals surface area contributed by atoms with E-state index in [0.29, 0.717) is 25.0 Å². The van der Waals surface area contributed by atoms with Crippen molar-refractivity contribution in [2.24, 2.45) is 0 Å². The fraction of sp³-hybridized carbons (Fsp3) is 0.211. The molecule has 10 nitrogen and oxygen atoms in total. The summed E-state index contributed by atoms with van der Waals surface area (Å²) in [6.07, 6.45) is 10.5. The van der Waals surface area contributed by atoms with Crippen LogP contribution in [0, 0.1) is 0 Å². The maximum absolute atomic E-state index is 5.46. The number of hydrogen-bond donors (Lipinski definition) is 2. The molecule has 0 aromatic carbocycles. The normalized spacial score (nSPS) is 14.1. The lowest BCUT2D eigenvalue weighted by Crippen LogP contribution is -2.36. The summed E-state index contributed by atoms with van der Waals surface area (Å²) in [5.74, 6) is 1.97. The minimum atomic E-state index is 0.466. The van der Waals surface area contributed by atoms with Gasteiger partial charge < -0.3 is 24.7 Å². The lowest BCUT2D eigenvalue weighted by molar-refractivity contribution is 0.122. The van der Waals surface area contributed by atoms with Crippen molar-refractivity contribution in [2.45, 2.75) is 0 Å². The van der Waals surface area contributed by atoms with Gasteiger partial charge in [-0.05, 0) is 6.07 Å². The van der Waals surface area contributed by atoms with Crippen LogP contribution in [0.2, 0.25) is 0 Å². The van der Waals surface area contributed by atoms with E-state index >= 15 is 0 Å². The van der Waals surface area contributed by atoms with E-state index in [2.05, 4.69) is 40.5 Å². The topological polar surface area (TPSA) is 105 Å². The fourth-order valence-electron chi connectivity index (χ4n) is 3.14. The molecule has 1 aliphatic rings. The number of nitrogens with zero attached hydrogens (tertiary/aromatic N) is 7.